The number of hydrogen-bond donors (Lipinski definition) is 1. The van der Waals surface area contributed by atoms with E-state index in [-0.39, 0.29) is 5.56 Å². The van der Waals surface area contributed by atoms with Crippen molar-refractivity contribution < 1.29 is 18.3 Å². The zero-order valence-electron chi connectivity index (χ0n) is 12.0. The van der Waals surface area contributed by atoms with Crippen LogP contribution in [-0.2, 0) is 15.1 Å². The minimum absolute atomic E-state index is 0.184. The Bertz CT molecular complexity index is 520. The standard InChI is InChI=1S/C8H6O4S.C6H15N/c9-8(10)7(13(11)12)6-4-2-1-3-5-6;1-4-7(5-2)6-3/h1-5H,(H,9,10);4-6H2,1-3H3. The highest BCUT2D eigenvalue weighted by molar-refractivity contribution is 7.75. The number of carboxylic acid groups (broad SMARTS) is 1. The fourth-order valence-electron chi connectivity index (χ4n) is 1.55. The first-order valence-corrected chi connectivity index (χ1v) is 7.52. The average molecular weight is 299 g/mol. The van der Waals surface area contributed by atoms with Crippen molar-refractivity contribution in [1.82, 2.24) is 4.90 Å². The molecule has 0 heterocycles. The number of aliphatic carboxylic acids is 1. The fourth-order valence-corrected chi connectivity index (χ4v) is 2.02. The Morgan fingerprint density at radius 1 is 1.05 bits per heavy atom. The molecule has 6 heteroatoms. The van der Waals surface area contributed by atoms with E-state index in [0.29, 0.717) is 0 Å². The number of nitrogens with zero attached hydrogens (tertiary/aromatic N) is 1. The SMILES string of the molecule is CCN(CC)CC.O=C(O)C(c1ccccc1)=S(=O)=O. The minimum atomic E-state index is -2.72. The van der Waals surface area contributed by atoms with Crippen LogP contribution in [-0.4, -0.2) is 48.9 Å². The molecule has 20 heavy (non-hydrogen) atoms. The second-order valence-corrected chi connectivity index (χ2v) is 4.73. The summed E-state index contributed by atoms with van der Waals surface area (Å²) < 4.78 is 21.0. The maximum absolute atomic E-state index is 10.5. The van der Waals surface area contributed by atoms with Crippen LogP contribution in [0.2, 0.25) is 0 Å². The smallest absolute Gasteiger partial charge is 0.352 e. The van der Waals surface area contributed by atoms with E-state index in [2.05, 4.69) is 25.7 Å². The lowest BCUT2D eigenvalue weighted by molar-refractivity contribution is -0.129. The number of carbonyl (C=O) groups is 1. The van der Waals surface area contributed by atoms with Crippen LogP contribution in [0.5, 0.6) is 0 Å². The van der Waals surface area contributed by atoms with Crippen LogP contribution >= 0.6 is 0 Å². The molecule has 0 fully saturated rings. The van der Waals surface area contributed by atoms with Gasteiger partial charge in [0.15, 0.2) is 4.86 Å². The summed E-state index contributed by atoms with van der Waals surface area (Å²) in [6.45, 7) is 10.1. The zero-order chi connectivity index (χ0) is 15.5. The van der Waals surface area contributed by atoms with Gasteiger partial charge in [-0.15, -0.1) is 0 Å². The second kappa shape index (κ2) is 10.2. The van der Waals surface area contributed by atoms with Crippen LogP contribution < -0.4 is 0 Å². The summed E-state index contributed by atoms with van der Waals surface area (Å²) in [7, 11) is -2.72. The molecule has 0 saturated heterocycles. The lowest BCUT2D eigenvalue weighted by atomic mass is 10.1. The van der Waals surface area contributed by atoms with Crippen LogP contribution in [0.15, 0.2) is 30.3 Å². The maximum Gasteiger partial charge on any atom is 0.352 e. The second-order valence-electron chi connectivity index (χ2n) is 3.85. The lowest BCUT2D eigenvalue weighted by Crippen LogP contribution is -2.21. The van der Waals surface area contributed by atoms with Gasteiger partial charge in [0.1, 0.15) is 0 Å². The summed E-state index contributed by atoms with van der Waals surface area (Å²) in [6.07, 6.45) is 0. The zero-order valence-corrected chi connectivity index (χ0v) is 12.9. The molecule has 5 nitrogen and oxygen atoms in total. The lowest BCUT2D eigenvalue weighted by Gasteiger charge is -2.13. The summed E-state index contributed by atoms with van der Waals surface area (Å²) in [5, 5.41) is 8.57. The molecule has 0 aliphatic rings. The van der Waals surface area contributed by atoms with Crippen molar-refractivity contribution in [3.8, 4) is 0 Å². The molecular formula is C14H21NO4S. The molecule has 0 saturated carbocycles. The summed E-state index contributed by atoms with van der Waals surface area (Å²) in [5.41, 5.74) is 0.184. The van der Waals surface area contributed by atoms with Crippen LogP contribution in [0.3, 0.4) is 0 Å². The molecule has 0 bridgehead atoms. The van der Waals surface area contributed by atoms with Crippen LogP contribution in [0, 0.1) is 0 Å². The molecule has 0 atom stereocenters. The molecule has 0 aliphatic carbocycles. The Labute approximate surface area is 121 Å². The summed E-state index contributed by atoms with van der Waals surface area (Å²) in [5.74, 6) is -1.44. The van der Waals surface area contributed by atoms with Gasteiger partial charge in [0, 0.05) is 5.56 Å². The van der Waals surface area contributed by atoms with E-state index < -0.39 is 21.1 Å². The molecule has 0 spiro atoms. The van der Waals surface area contributed by atoms with E-state index in [1.807, 2.05) is 0 Å². The fraction of sp³-hybridized carbons (Fsp3) is 0.429. The Balaban J connectivity index is 0.000000441. The Morgan fingerprint density at radius 2 is 1.50 bits per heavy atom. The molecule has 112 valence electrons. The van der Waals surface area contributed by atoms with Crippen molar-refractivity contribution in [2.75, 3.05) is 19.6 Å². The van der Waals surface area contributed by atoms with Gasteiger partial charge in [-0.2, -0.15) is 8.42 Å². The third-order valence-electron chi connectivity index (χ3n) is 2.74. The molecule has 0 radical (unpaired) electrons. The Hall–Kier alpha value is -1.66. The van der Waals surface area contributed by atoms with Gasteiger partial charge < -0.3 is 10.0 Å². The van der Waals surface area contributed by atoms with E-state index in [1.54, 1.807) is 18.2 Å². The van der Waals surface area contributed by atoms with Crippen molar-refractivity contribution in [2.24, 2.45) is 0 Å². The highest BCUT2D eigenvalue weighted by Gasteiger charge is 2.13. The van der Waals surface area contributed by atoms with Gasteiger partial charge in [-0.3, -0.25) is 0 Å². The van der Waals surface area contributed by atoms with Gasteiger partial charge in [-0.1, -0.05) is 51.1 Å². The summed E-state index contributed by atoms with van der Waals surface area (Å²) in [6, 6.07) is 7.69. The number of carboxylic acids is 1. The third kappa shape index (κ3) is 6.49. The van der Waals surface area contributed by atoms with E-state index in [4.69, 9.17) is 5.11 Å². The predicted octanol–water partition coefficient (Wildman–Crippen LogP) is 1.52. The van der Waals surface area contributed by atoms with Crippen molar-refractivity contribution in [2.45, 2.75) is 20.8 Å². The van der Waals surface area contributed by atoms with Crippen molar-refractivity contribution in [3.63, 3.8) is 0 Å². The molecule has 1 N–H and O–H groups in total. The maximum atomic E-state index is 10.5. The molecular weight excluding hydrogens is 278 g/mol. The quantitative estimate of drug-likeness (QED) is 0.659. The Morgan fingerprint density at radius 3 is 1.75 bits per heavy atom. The van der Waals surface area contributed by atoms with Gasteiger partial charge in [0.2, 0.25) is 10.3 Å². The van der Waals surface area contributed by atoms with E-state index in [0.717, 1.165) is 0 Å². The first kappa shape index (κ1) is 18.3. The van der Waals surface area contributed by atoms with Gasteiger partial charge in [0.05, 0.1) is 0 Å². The highest BCUT2D eigenvalue weighted by Crippen LogP contribution is 1.99. The van der Waals surface area contributed by atoms with E-state index >= 15 is 0 Å². The predicted molar refractivity (Wildman–Crippen MR) is 80.6 cm³/mol. The van der Waals surface area contributed by atoms with E-state index in [9.17, 15) is 13.2 Å². The van der Waals surface area contributed by atoms with E-state index in [1.165, 1.54) is 31.8 Å². The van der Waals surface area contributed by atoms with Gasteiger partial charge in [0.25, 0.3) is 0 Å². The summed E-state index contributed by atoms with van der Waals surface area (Å²) >= 11 is 0. The molecule has 0 aliphatic heterocycles. The molecule has 0 aromatic heterocycles. The topological polar surface area (TPSA) is 74.7 Å². The van der Waals surface area contributed by atoms with Crippen LogP contribution in [0.25, 0.3) is 0 Å². The normalized spacial score (nSPS) is 9.60. The first-order valence-electron chi connectivity index (χ1n) is 6.45. The minimum Gasteiger partial charge on any atom is -0.477 e. The summed E-state index contributed by atoms with van der Waals surface area (Å²) in [4.78, 5) is 12.3. The highest BCUT2D eigenvalue weighted by atomic mass is 32.2. The number of rotatable bonds is 5. The van der Waals surface area contributed by atoms with Gasteiger partial charge in [-0.05, 0) is 19.6 Å². The average Bonchev–Trinajstić information content (AvgIpc) is 2.42. The number of benzene rings is 1. The first-order chi connectivity index (χ1) is 9.47. The molecule has 0 amide bonds. The third-order valence-corrected chi connectivity index (χ3v) is 3.48. The molecule has 1 rings (SSSR count). The van der Waals surface area contributed by atoms with Crippen molar-refractivity contribution in [1.29, 1.82) is 0 Å². The van der Waals surface area contributed by atoms with Crippen LogP contribution in [0.4, 0.5) is 0 Å². The monoisotopic (exact) mass is 299 g/mol. The largest absolute Gasteiger partial charge is 0.477 e. The Kier molecular flexibility index (Phi) is 9.32. The molecule has 0 unspecified atom stereocenters. The van der Waals surface area contributed by atoms with Crippen molar-refractivity contribution in [3.05, 3.63) is 35.9 Å². The molecule has 1 aromatic carbocycles. The van der Waals surface area contributed by atoms with Gasteiger partial charge >= 0.3 is 5.97 Å². The number of hydrogen-bond acceptors (Lipinski definition) is 4. The van der Waals surface area contributed by atoms with Crippen LogP contribution in [0.1, 0.15) is 26.3 Å². The van der Waals surface area contributed by atoms with Crippen molar-refractivity contribution >= 4 is 21.1 Å². The van der Waals surface area contributed by atoms with Gasteiger partial charge in [-0.25, -0.2) is 4.79 Å². The molecule has 1 aromatic rings.